The quantitative estimate of drug-likeness (QED) is 0.545. The maximum Gasteiger partial charge on any atom is 0.573 e. The van der Waals surface area contributed by atoms with Crippen LogP contribution in [0.3, 0.4) is 0 Å². The number of halogens is 8. The zero-order chi connectivity index (χ0) is 14.1. The van der Waals surface area contributed by atoms with Gasteiger partial charge in [-0.1, -0.05) is 17.7 Å². The van der Waals surface area contributed by atoms with Gasteiger partial charge in [-0.05, 0) is 28.1 Å². The molecule has 1 nitrogen and oxygen atoms in total. The Morgan fingerprint density at radius 1 is 1.17 bits per heavy atom. The van der Waals surface area contributed by atoms with Crippen LogP contribution in [-0.2, 0) is 4.58 Å². The van der Waals surface area contributed by atoms with Gasteiger partial charge in [0.25, 0.3) is 6.43 Å². The highest BCUT2D eigenvalue weighted by Crippen LogP contribution is 2.42. The molecular formula is C9H4BrClF6O. The number of hydrogen-bond acceptors (Lipinski definition) is 1. The van der Waals surface area contributed by atoms with Gasteiger partial charge in [-0.25, -0.2) is 13.2 Å². The molecule has 102 valence electrons. The van der Waals surface area contributed by atoms with Crippen LogP contribution in [0.25, 0.3) is 0 Å². The summed E-state index contributed by atoms with van der Waals surface area (Å²) in [4.78, 5) is 0. The second-order valence-electron chi connectivity index (χ2n) is 3.12. The summed E-state index contributed by atoms with van der Waals surface area (Å²) >= 11 is 7.48. The Labute approximate surface area is 111 Å². The lowest BCUT2D eigenvalue weighted by molar-refractivity contribution is -0.274. The van der Waals surface area contributed by atoms with Gasteiger partial charge in [-0.2, -0.15) is 0 Å². The van der Waals surface area contributed by atoms with E-state index in [-0.39, 0.29) is 0 Å². The van der Waals surface area contributed by atoms with Crippen molar-refractivity contribution in [2.75, 3.05) is 0 Å². The van der Waals surface area contributed by atoms with E-state index in [0.29, 0.717) is 6.07 Å². The van der Waals surface area contributed by atoms with E-state index in [0.717, 1.165) is 12.1 Å². The Balaban J connectivity index is 3.16. The molecule has 0 radical (unpaired) electrons. The molecule has 0 aromatic heterocycles. The van der Waals surface area contributed by atoms with Crippen LogP contribution in [0.1, 0.15) is 5.56 Å². The highest BCUT2D eigenvalue weighted by Gasteiger charge is 2.40. The first kappa shape index (κ1) is 15.4. The molecule has 0 aliphatic heterocycles. The number of rotatable bonds is 3. The predicted octanol–water partition coefficient (Wildman–Crippen LogP) is 5.02. The van der Waals surface area contributed by atoms with Crippen molar-refractivity contribution in [3.05, 3.63) is 28.8 Å². The van der Waals surface area contributed by atoms with Crippen LogP contribution in [0.2, 0.25) is 5.02 Å². The molecule has 0 heterocycles. The van der Waals surface area contributed by atoms with E-state index < -0.39 is 33.7 Å². The van der Waals surface area contributed by atoms with E-state index in [1.807, 2.05) is 0 Å². The number of alkyl halides is 7. The minimum atomic E-state index is -5.06. The van der Waals surface area contributed by atoms with Crippen LogP contribution >= 0.6 is 27.5 Å². The van der Waals surface area contributed by atoms with Crippen molar-refractivity contribution in [3.8, 4) is 5.75 Å². The number of benzene rings is 1. The van der Waals surface area contributed by atoms with Crippen LogP contribution in [0, 0.1) is 0 Å². The molecule has 0 spiro atoms. The molecular weight excluding hydrogens is 353 g/mol. The summed E-state index contributed by atoms with van der Waals surface area (Å²) in [7, 11) is 0. The minimum Gasteiger partial charge on any atom is -0.404 e. The minimum absolute atomic E-state index is 0.455. The normalized spacial score (nSPS) is 15.6. The van der Waals surface area contributed by atoms with Gasteiger partial charge in [-0.3, -0.25) is 0 Å². The molecule has 9 heteroatoms. The third kappa shape index (κ3) is 3.68. The van der Waals surface area contributed by atoms with Crippen molar-refractivity contribution in [3.63, 3.8) is 0 Å². The highest BCUT2D eigenvalue weighted by molar-refractivity contribution is 9.09. The summed E-state index contributed by atoms with van der Waals surface area (Å²) in [6.45, 7) is 0. The Kier molecular flexibility index (Phi) is 4.42. The monoisotopic (exact) mass is 356 g/mol. The van der Waals surface area contributed by atoms with E-state index in [9.17, 15) is 26.3 Å². The Bertz CT molecular complexity index is 434. The average Bonchev–Trinajstić information content (AvgIpc) is 2.18. The fourth-order valence-electron chi connectivity index (χ4n) is 1.04. The van der Waals surface area contributed by atoms with E-state index in [1.165, 1.54) is 0 Å². The second kappa shape index (κ2) is 5.16. The molecule has 0 saturated carbocycles. The molecule has 0 N–H and O–H groups in total. The van der Waals surface area contributed by atoms with Crippen molar-refractivity contribution in [2.45, 2.75) is 17.4 Å². The molecule has 0 amide bonds. The lowest BCUT2D eigenvalue weighted by Crippen LogP contribution is -2.22. The molecule has 1 unspecified atom stereocenters. The van der Waals surface area contributed by atoms with E-state index in [4.69, 9.17) is 11.6 Å². The van der Waals surface area contributed by atoms with Crippen molar-refractivity contribution in [1.29, 1.82) is 0 Å². The molecule has 0 fully saturated rings. The second-order valence-corrected chi connectivity index (χ2v) is 4.68. The Hall–Kier alpha value is -0.630. The third-order valence-electron chi connectivity index (χ3n) is 1.82. The van der Waals surface area contributed by atoms with Crippen molar-refractivity contribution in [2.24, 2.45) is 0 Å². The van der Waals surface area contributed by atoms with Gasteiger partial charge in [0.05, 0.1) is 5.02 Å². The van der Waals surface area contributed by atoms with Gasteiger partial charge in [0.15, 0.2) is 0 Å². The summed E-state index contributed by atoms with van der Waals surface area (Å²) < 4.78 is 74.3. The summed E-state index contributed by atoms with van der Waals surface area (Å²) in [5.41, 5.74) is -0.735. The molecule has 1 atom stereocenters. The summed E-state index contributed by atoms with van der Waals surface area (Å²) in [5.74, 6) is -0.955. The van der Waals surface area contributed by atoms with Crippen molar-refractivity contribution >= 4 is 27.5 Å². The molecule has 1 aromatic rings. The maximum absolute atomic E-state index is 13.5. The van der Waals surface area contributed by atoms with Gasteiger partial charge in [-0.15, -0.1) is 13.2 Å². The van der Waals surface area contributed by atoms with Crippen LogP contribution in [0.4, 0.5) is 26.3 Å². The molecule has 18 heavy (non-hydrogen) atoms. The van der Waals surface area contributed by atoms with Gasteiger partial charge < -0.3 is 4.74 Å². The zero-order valence-corrected chi connectivity index (χ0v) is 10.6. The summed E-state index contributed by atoms with van der Waals surface area (Å²) in [6.07, 6.45) is -8.53. The van der Waals surface area contributed by atoms with Gasteiger partial charge in [0, 0.05) is 5.56 Å². The molecule has 1 aromatic carbocycles. The average molecular weight is 357 g/mol. The fraction of sp³-hybridized carbons (Fsp3) is 0.333. The number of hydrogen-bond donors (Lipinski definition) is 0. The molecule has 1 rings (SSSR count). The number of ether oxygens (including phenoxy) is 1. The van der Waals surface area contributed by atoms with Crippen LogP contribution in [0.15, 0.2) is 18.2 Å². The third-order valence-corrected chi connectivity index (χ3v) is 2.93. The van der Waals surface area contributed by atoms with Gasteiger partial charge in [0.2, 0.25) is 4.58 Å². The zero-order valence-electron chi connectivity index (χ0n) is 8.24. The summed E-state index contributed by atoms with van der Waals surface area (Å²) in [6, 6.07) is 2.11. The largest absolute Gasteiger partial charge is 0.573 e. The van der Waals surface area contributed by atoms with E-state index in [1.54, 1.807) is 0 Å². The van der Waals surface area contributed by atoms with Crippen molar-refractivity contribution in [1.82, 2.24) is 0 Å². The van der Waals surface area contributed by atoms with Crippen LogP contribution < -0.4 is 4.74 Å². The van der Waals surface area contributed by atoms with Crippen LogP contribution in [-0.4, -0.2) is 12.8 Å². The highest BCUT2D eigenvalue weighted by atomic mass is 79.9. The predicted molar refractivity (Wildman–Crippen MR) is 55.9 cm³/mol. The van der Waals surface area contributed by atoms with E-state index >= 15 is 0 Å². The fourth-order valence-corrected chi connectivity index (χ4v) is 1.44. The smallest absolute Gasteiger partial charge is 0.404 e. The van der Waals surface area contributed by atoms with E-state index in [2.05, 4.69) is 20.7 Å². The van der Waals surface area contributed by atoms with Gasteiger partial charge >= 0.3 is 6.36 Å². The van der Waals surface area contributed by atoms with Crippen LogP contribution in [0.5, 0.6) is 5.75 Å². The Morgan fingerprint density at radius 2 is 1.72 bits per heavy atom. The first-order chi connectivity index (χ1) is 8.04. The van der Waals surface area contributed by atoms with Crippen molar-refractivity contribution < 1.29 is 31.1 Å². The first-order valence-corrected chi connectivity index (χ1v) is 5.43. The molecule has 0 aliphatic rings. The topological polar surface area (TPSA) is 9.23 Å². The lowest BCUT2D eigenvalue weighted by Gasteiger charge is -2.19. The summed E-state index contributed by atoms with van der Waals surface area (Å²) in [5, 5.41) is -0.478. The lowest BCUT2D eigenvalue weighted by atomic mass is 10.1. The Morgan fingerprint density at radius 3 is 2.17 bits per heavy atom. The molecule has 0 saturated heterocycles. The SMILES string of the molecule is FC(F)C(F)(Br)c1ccc(Cl)c(OC(F)(F)F)c1. The molecule has 0 bridgehead atoms. The standard InChI is InChI=1S/C9H4BrClF6O/c10-8(14,7(12)13)4-1-2-5(11)6(3-4)18-9(15,16)17/h1-3,7H. The first-order valence-electron chi connectivity index (χ1n) is 4.26. The maximum atomic E-state index is 13.5. The van der Waals surface area contributed by atoms with Gasteiger partial charge in [0.1, 0.15) is 5.75 Å². The molecule has 0 aliphatic carbocycles.